The van der Waals surface area contributed by atoms with Crippen LogP contribution in [-0.2, 0) is 6.54 Å². The number of carbonyl (C=O) groups excluding carboxylic acids is 1. The Morgan fingerprint density at radius 1 is 1.07 bits per heavy atom. The molecular weight excluding hydrogens is 388 g/mol. The maximum absolute atomic E-state index is 13.5. The summed E-state index contributed by atoms with van der Waals surface area (Å²) in [5.74, 6) is -0.0691. The van der Waals surface area contributed by atoms with Crippen LogP contribution in [0, 0.1) is 27.7 Å². The summed E-state index contributed by atoms with van der Waals surface area (Å²) in [6.45, 7) is 8.37. The molecule has 5 nitrogen and oxygen atoms in total. The van der Waals surface area contributed by atoms with Crippen molar-refractivity contribution in [1.29, 1.82) is 0 Å². The summed E-state index contributed by atoms with van der Waals surface area (Å²) in [7, 11) is 0. The summed E-state index contributed by atoms with van der Waals surface area (Å²) < 4.78 is 1.08. The van der Waals surface area contributed by atoms with Crippen LogP contribution < -0.4 is 4.90 Å². The zero-order valence-corrected chi connectivity index (χ0v) is 17.8. The molecule has 3 heterocycles. The highest BCUT2D eigenvalue weighted by molar-refractivity contribution is 7.22. The minimum atomic E-state index is -0.0691. The van der Waals surface area contributed by atoms with Crippen LogP contribution in [0.1, 0.15) is 37.1 Å². The predicted molar refractivity (Wildman–Crippen MR) is 115 cm³/mol. The van der Waals surface area contributed by atoms with Gasteiger partial charge in [0.15, 0.2) is 5.13 Å². The highest BCUT2D eigenvalue weighted by atomic mass is 32.1. The Balaban J connectivity index is 1.82. The summed E-state index contributed by atoms with van der Waals surface area (Å²) in [6, 6.07) is 8.03. The van der Waals surface area contributed by atoms with Gasteiger partial charge in [-0.1, -0.05) is 23.5 Å². The van der Waals surface area contributed by atoms with Crippen molar-refractivity contribution in [2.24, 2.45) is 0 Å². The molecule has 3 aromatic heterocycles. The van der Waals surface area contributed by atoms with E-state index < -0.39 is 0 Å². The molecular formula is C21H20N4OS2. The average Bonchev–Trinajstić information content (AvgIpc) is 3.26. The quantitative estimate of drug-likeness (QED) is 0.464. The molecule has 0 radical (unpaired) electrons. The SMILES string of the molecule is Cc1nc(C)c(C(=O)N(Cc2cccnc2)c2nc3c(C)c(C)ccc3s2)s1. The van der Waals surface area contributed by atoms with Crippen LogP contribution in [0.5, 0.6) is 0 Å². The molecule has 142 valence electrons. The fourth-order valence-corrected chi connectivity index (χ4v) is 4.97. The highest BCUT2D eigenvalue weighted by Gasteiger charge is 2.25. The van der Waals surface area contributed by atoms with Gasteiger partial charge in [-0.25, -0.2) is 9.97 Å². The molecule has 4 aromatic rings. The lowest BCUT2D eigenvalue weighted by Gasteiger charge is -2.19. The number of fused-ring (bicyclic) bond motifs is 1. The van der Waals surface area contributed by atoms with E-state index in [-0.39, 0.29) is 5.91 Å². The lowest BCUT2D eigenvalue weighted by atomic mass is 10.1. The first-order valence-corrected chi connectivity index (χ1v) is 10.6. The summed E-state index contributed by atoms with van der Waals surface area (Å²) in [4.78, 5) is 29.3. The summed E-state index contributed by atoms with van der Waals surface area (Å²) in [5.41, 5.74) is 5.03. The van der Waals surface area contributed by atoms with Gasteiger partial charge in [0.25, 0.3) is 5.91 Å². The van der Waals surface area contributed by atoms with E-state index >= 15 is 0 Å². The standard InChI is InChI=1S/C21H20N4OS2/c1-12-7-8-17-18(13(12)2)24-21(28-17)25(11-16-6-5-9-22-10-16)20(26)19-14(3)23-15(4)27-19/h5-10H,11H2,1-4H3. The second-order valence-electron chi connectivity index (χ2n) is 6.75. The molecule has 1 aromatic carbocycles. The molecule has 4 rings (SSSR count). The number of aromatic nitrogens is 3. The van der Waals surface area contributed by atoms with Crippen LogP contribution in [0.2, 0.25) is 0 Å². The van der Waals surface area contributed by atoms with Crippen molar-refractivity contribution < 1.29 is 4.79 Å². The molecule has 0 atom stereocenters. The topological polar surface area (TPSA) is 59.0 Å². The van der Waals surface area contributed by atoms with Crippen LogP contribution in [-0.4, -0.2) is 20.9 Å². The van der Waals surface area contributed by atoms with E-state index in [1.165, 1.54) is 16.9 Å². The third-order valence-electron chi connectivity index (χ3n) is 4.71. The van der Waals surface area contributed by atoms with Gasteiger partial charge in [-0.15, -0.1) is 11.3 Å². The molecule has 0 aliphatic carbocycles. The number of amides is 1. The average molecular weight is 409 g/mol. The van der Waals surface area contributed by atoms with Crippen LogP contribution in [0.15, 0.2) is 36.7 Å². The number of aryl methyl sites for hydroxylation is 4. The first-order valence-electron chi connectivity index (χ1n) is 8.95. The van der Waals surface area contributed by atoms with E-state index in [2.05, 4.69) is 35.9 Å². The van der Waals surface area contributed by atoms with Gasteiger partial charge in [0.1, 0.15) is 4.88 Å². The van der Waals surface area contributed by atoms with Crippen molar-refractivity contribution in [2.45, 2.75) is 34.2 Å². The Morgan fingerprint density at radius 2 is 1.89 bits per heavy atom. The lowest BCUT2D eigenvalue weighted by Crippen LogP contribution is -2.30. The van der Waals surface area contributed by atoms with Gasteiger partial charge in [0.2, 0.25) is 0 Å². The number of anilines is 1. The van der Waals surface area contributed by atoms with Gasteiger partial charge in [-0.2, -0.15) is 0 Å². The smallest absolute Gasteiger partial charge is 0.272 e. The number of benzene rings is 1. The molecule has 1 amide bonds. The molecule has 0 bridgehead atoms. The van der Waals surface area contributed by atoms with Crippen molar-refractivity contribution in [3.8, 4) is 0 Å². The molecule has 0 saturated carbocycles. The number of pyridine rings is 1. The van der Waals surface area contributed by atoms with E-state index in [1.54, 1.807) is 28.6 Å². The fraction of sp³-hybridized carbons (Fsp3) is 0.238. The van der Waals surface area contributed by atoms with E-state index in [1.807, 2.05) is 26.0 Å². The first-order chi connectivity index (χ1) is 13.4. The second kappa shape index (κ2) is 7.41. The number of thiazole rings is 2. The first kappa shape index (κ1) is 18.7. The maximum atomic E-state index is 13.5. The zero-order valence-electron chi connectivity index (χ0n) is 16.2. The maximum Gasteiger partial charge on any atom is 0.272 e. The third-order valence-corrected chi connectivity index (χ3v) is 6.82. The van der Waals surface area contributed by atoms with Gasteiger partial charge < -0.3 is 0 Å². The molecule has 28 heavy (non-hydrogen) atoms. The number of hydrogen-bond acceptors (Lipinski definition) is 6. The molecule has 0 N–H and O–H groups in total. The number of hydrogen-bond donors (Lipinski definition) is 0. The normalized spacial score (nSPS) is 11.1. The number of nitrogens with zero attached hydrogens (tertiary/aromatic N) is 4. The number of rotatable bonds is 4. The zero-order chi connectivity index (χ0) is 19.8. The van der Waals surface area contributed by atoms with Crippen molar-refractivity contribution in [3.05, 3.63) is 68.9 Å². The molecule has 0 spiro atoms. The third kappa shape index (κ3) is 3.43. The van der Waals surface area contributed by atoms with Crippen LogP contribution in [0.3, 0.4) is 0 Å². The van der Waals surface area contributed by atoms with Gasteiger partial charge in [-0.3, -0.25) is 14.7 Å². The van der Waals surface area contributed by atoms with Crippen LogP contribution >= 0.6 is 22.7 Å². The molecule has 0 unspecified atom stereocenters. The van der Waals surface area contributed by atoms with Gasteiger partial charge >= 0.3 is 0 Å². The summed E-state index contributed by atoms with van der Waals surface area (Å²) >= 11 is 2.97. The van der Waals surface area contributed by atoms with Crippen LogP contribution in [0.4, 0.5) is 5.13 Å². The number of carbonyl (C=O) groups is 1. The monoisotopic (exact) mass is 408 g/mol. The van der Waals surface area contributed by atoms with Gasteiger partial charge in [0.05, 0.1) is 27.5 Å². The Hall–Kier alpha value is -2.64. The minimum absolute atomic E-state index is 0.0691. The van der Waals surface area contributed by atoms with Gasteiger partial charge in [0, 0.05) is 12.4 Å². The Morgan fingerprint density at radius 3 is 2.57 bits per heavy atom. The minimum Gasteiger partial charge on any atom is -0.279 e. The largest absolute Gasteiger partial charge is 0.279 e. The molecule has 0 aliphatic rings. The Labute approximate surface area is 171 Å². The molecule has 0 saturated heterocycles. The van der Waals surface area contributed by atoms with Crippen LogP contribution in [0.25, 0.3) is 10.2 Å². The van der Waals surface area contributed by atoms with E-state index in [4.69, 9.17) is 4.98 Å². The van der Waals surface area contributed by atoms with E-state index in [9.17, 15) is 4.79 Å². The Kier molecular flexibility index (Phi) is 4.95. The van der Waals surface area contributed by atoms with Crippen molar-refractivity contribution in [3.63, 3.8) is 0 Å². The highest BCUT2D eigenvalue weighted by Crippen LogP contribution is 2.34. The second-order valence-corrected chi connectivity index (χ2v) is 8.96. The van der Waals surface area contributed by atoms with Crippen molar-refractivity contribution in [1.82, 2.24) is 15.0 Å². The molecule has 0 fully saturated rings. The summed E-state index contributed by atoms with van der Waals surface area (Å²) in [6.07, 6.45) is 3.52. The lowest BCUT2D eigenvalue weighted by molar-refractivity contribution is 0.0988. The van der Waals surface area contributed by atoms with E-state index in [0.717, 1.165) is 32.0 Å². The fourth-order valence-electron chi connectivity index (χ4n) is 3.08. The Bertz CT molecular complexity index is 1160. The molecule has 0 aliphatic heterocycles. The summed E-state index contributed by atoms with van der Waals surface area (Å²) in [5, 5.41) is 1.58. The van der Waals surface area contributed by atoms with E-state index in [0.29, 0.717) is 16.6 Å². The van der Waals surface area contributed by atoms with Crippen molar-refractivity contribution >= 4 is 43.9 Å². The predicted octanol–water partition coefficient (Wildman–Crippen LogP) is 5.23. The van der Waals surface area contributed by atoms with Crippen molar-refractivity contribution in [2.75, 3.05) is 4.90 Å². The molecule has 7 heteroatoms. The van der Waals surface area contributed by atoms with Gasteiger partial charge in [-0.05, 0) is 56.5 Å².